The second-order valence-electron chi connectivity index (χ2n) is 3.46. The van der Waals surface area contributed by atoms with Gasteiger partial charge in [-0.15, -0.1) is 0 Å². The lowest BCUT2D eigenvalue weighted by Gasteiger charge is -2.25. The summed E-state index contributed by atoms with van der Waals surface area (Å²) in [6.07, 6.45) is -1.11. The number of carboxylic acids is 1. The van der Waals surface area contributed by atoms with Crippen LogP contribution in [0, 0.1) is 5.41 Å². The van der Waals surface area contributed by atoms with Gasteiger partial charge in [-0.2, -0.15) is 0 Å². The molecule has 0 heterocycles. The van der Waals surface area contributed by atoms with E-state index in [1.54, 1.807) is 20.8 Å². The Hall–Kier alpha value is -0.610. The minimum atomic E-state index is -1.21. The van der Waals surface area contributed by atoms with Crippen molar-refractivity contribution in [1.29, 1.82) is 0 Å². The van der Waals surface area contributed by atoms with E-state index in [2.05, 4.69) is 0 Å². The third kappa shape index (κ3) is 5.82. The van der Waals surface area contributed by atoms with Crippen LogP contribution in [0.25, 0.3) is 0 Å². The van der Waals surface area contributed by atoms with Crippen LogP contribution in [0.3, 0.4) is 0 Å². The predicted molar refractivity (Wildman–Crippen MR) is 41.1 cm³/mol. The minimum absolute atomic E-state index is 0. The molecule has 0 saturated heterocycles. The highest BCUT2D eigenvalue weighted by Gasteiger charge is 2.21. The van der Waals surface area contributed by atoms with Gasteiger partial charge in [0, 0.05) is 12.4 Å². The molecular weight excluding hydrogens is 146 g/mol. The molecule has 0 aromatic heterocycles. The Morgan fingerprint density at radius 2 is 1.91 bits per heavy atom. The zero-order valence-electron chi connectivity index (χ0n) is 7.55. The van der Waals surface area contributed by atoms with E-state index in [1.165, 1.54) is 0 Å². The Morgan fingerprint density at radius 1 is 1.55 bits per heavy atom. The number of carbonyl (C=O) groups excluding carboxylic acids is 1. The van der Waals surface area contributed by atoms with Gasteiger partial charge in [0.15, 0.2) is 0 Å². The minimum Gasteiger partial charge on any atom is -0.550 e. The molecule has 0 rings (SSSR count). The number of carboxylic acid groups (broad SMARTS) is 1. The first kappa shape index (κ1) is 13.0. The maximum atomic E-state index is 9.99. The van der Waals surface area contributed by atoms with Gasteiger partial charge >= 0.3 is 0 Å². The SMILES string of the molecule is CC(C)(C)C(O)CC(=O)[O-].[NH4+]. The van der Waals surface area contributed by atoms with E-state index in [1.807, 2.05) is 0 Å². The Labute approximate surface area is 66.8 Å². The molecule has 0 aliphatic rings. The Bertz CT molecular complexity index is 128. The maximum absolute atomic E-state index is 9.99. The van der Waals surface area contributed by atoms with Crippen LogP contribution >= 0.6 is 0 Å². The van der Waals surface area contributed by atoms with Crippen molar-refractivity contribution in [2.45, 2.75) is 33.3 Å². The average Bonchev–Trinajstić information content (AvgIpc) is 1.60. The molecule has 0 radical (unpaired) electrons. The monoisotopic (exact) mass is 163 g/mol. The predicted octanol–water partition coefficient (Wildman–Crippen LogP) is -0.0904. The molecule has 0 fully saturated rings. The van der Waals surface area contributed by atoms with Crippen LogP contribution in [0.4, 0.5) is 0 Å². The van der Waals surface area contributed by atoms with Gasteiger partial charge in [-0.1, -0.05) is 20.8 Å². The van der Waals surface area contributed by atoms with Crippen molar-refractivity contribution in [1.82, 2.24) is 6.15 Å². The van der Waals surface area contributed by atoms with Gasteiger partial charge in [-0.05, 0) is 5.41 Å². The fourth-order valence-corrected chi connectivity index (χ4v) is 0.464. The van der Waals surface area contributed by atoms with Crippen molar-refractivity contribution in [2.24, 2.45) is 5.41 Å². The highest BCUT2D eigenvalue weighted by Crippen LogP contribution is 2.20. The van der Waals surface area contributed by atoms with E-state index in [0.717, 1.165) is 0 Å². The van der Waals surface area contributed by atoms with Crippen LogP contribution in [0.5, 0.6) is 0 Å². The number of quaternary nitrogens is 1. The second kappa shape index (κ2) is 4.31. The molecule has 68 valence electrons. The summed E-state index contributed by atoms with van der Waals surface area (Å²) in [5, 5.41) is 19.1. The number of carbonyl (C=O) groups is 1. The third-order valence-electron chi connectivity index (χ3n) is 1.36. The second-order valence-corrected chi connectivity index (χ2v) is 3.46. The molecule has 4 nitrogen and oxygen atoms in total. The van der Waals surface area contributed by atoms with Gasteiger partial charge in [0.2, 0.25) is 0 Å². The standard InChI is InChI=1S/C7H14O3.H3N/c1-7(2,3)5(8)4-6(9)10;/h5,8H,4H2,1-3H3,(H,9,10);1H3. The van der Waals surface area contributed by atoms with E-state index in [4.69, 9.17) is 5.11 Å². The zero-order chi connectivity index (χ0) is 8.36. The van der Waals surface area contributed by atoms with Crippen LogP contribution in [0.2, 0.25) is 0 Å². The van der Waals surface area contributed by atoms with Crippen LogP contribution in [-0.2, 0) is 4.79 Å². The molecule has 4 heteroatoms. The molecule has 0 saturated carbocycles. The molecule has 0 aliphatic carbocycles. The molecule has 0 bridgehead atoms. The highest BCUT2D eigenvalue weighted by molar-refractivity contribution is 5.64. The summed E-state index contributed by atoms with van der Waals surface area (Å²) in [6, 6.07) is 0. The number of aliphatic hydroxyl groups is 1. The molecule has 1 atom stereocenters. The first-order valence-electron chi connectivity index (χ1n) is 3.22. The Morgan fingerprint density at radius 3 is 2.00 bits per heavy atom. The lowest BCUT2D eigenvalue weighted by atomic mass is 9.87. The topological polar surface area (TPSA) is 96.9 Å². The lowest BCUT2D eigenvalue weighted by molar-refractivity contribution is -0.308. The van der Waals surface area contributed by atoms with Crippen LogP contribution in [0.1, 0.15) is 27.2 Å². The molecule has 0 amide bonds. The molecule has 5 N–H and O–H groups in total. The maximum Gasteiger partial charge on any atom is 0.0640 e. The summed E-state index contributed by atoms with van der Waals surface area (Å²) in [5.41, 5.74) is -0.375. The summed E-state index contributed by atoms with van der Waals surface area (Å²) in [5.74, 6) is -1.21. The quantitative estimate of drug-likeness (QED) is 0.595. The largest absolute Gasteiger partial charge is 0.550 e. The van der Waals surface area contributed by atoms with Crippen molar-refractivity contribution in [2.75, 3.05) is 0 Å². The fraction of sp³-hybridized carbons (Fsp3) is 0.857. The van der Waals surface area contributed by atoms with Crippen LogP contribution < -0.4 is 11.3 Å². The number of hydrogen-bond donors (Lipinski definition) is 2. The van der Waals surface area contributed by atoms with Crippen molar-refractivity contribution < 1.29 is 15.0 Å². The van der Waals surface area contributed by atoms with Crippen molar-refractivity contribution in [3.05, 3.63) is 0 Å². The molecule has 11 heavy (non-hydrogen) atoms. The number of rotatable bonds is 2. The van der Waals surface area contributed by atoms with Crippen LogP contribution in [-0.4, -0.2) is 17.2 Å². The third-order valence-corrected chi connectivity index (χ3v) is 1.36. The van der Waals surface area contributed by atoms with E-state index < -0.39 is 12.1 Å². The molecule has 1 unspecified atom stereocenters. The van der Waals surface area contributed by atoms with Gasteiger partial charge in [0.1, 0.15) is 0 Å². The summed E-state index contributed by atoms with van der Waals surface area (Å²) >= 11 is 0. The van der Waals surface area contributed by atoms with E-state index in [-0.39, 0.29) is 18.0 Å². The first-order chi connectivity index (χ1) is 4.34. The average molecular weight is 163 g/mol. The van der Waals surface area contributed by atoms with Gasteiger partial charge < -0.3 is 21.2 Å². The molecule has 0 aromatic rings. The summed E-state index contributed by atoms with van der Waals surface area (Å²) in [6.45, 7) is 5.34. The molecule has 0 aromatic carbocycles. The Balaban J connectivity index is 0. The number of aliphatic carboxylic acids is 1. The van der Waals surface area contributed by atoms with Gasteiger partial charge in [-0.3, -0.25) is 0 Å². The summed E-state index contributed by atoms with van der Waals surface area (Å²) in [7, 11) is 0. The zero-order valence-corrected chi connectivity index (χ0v) is 7.55. The van der Waals surface area contributed by atoms with Crippen LogP contribution in [0.15, 0.2) is 0 Å². The fourth-order valence-electron chi connectivity index (χ4n) is 0.464. The van der Waals surface area contributed by atoms with E-state index >= 15 is 0 Å². The first-order valence-corrected chi connectivity index (χ1v) is 3.22. The van der Waals surface area contributed by atoms with Crippen molar-refractivity contribution >= 4 is 5.97 Å². The number of aliphatic hydroxyl groups excluding tert-OH is 1. The molecule has 0 aliphatic heterocycles. The lowest BCUT2D eigenvalue weighted by Crippen LogP contribution is -2.34. The number of hydrogen-bond acceptors (Lipinski definition) is 3. The summed E-state index contributed by atoms with van der Waals surface area (Å²) < 4.78 is 0. The van der Waals surface area contributed by atoms with Gasteiger partial charge in [0.25, 0.3) is 0 Å². The summed E-state index contributed by atoms with van der Waals surface area (Å²) in [4.78, 5) is 9.99. The van der Waals surface area contributed by atoms with Gasteiger partial charge in [0.05, 0.1) is 6.10 Å². The van der Waals surface area contributed by atoms with E-state index in [9.17, 15) is 9.90 Å². The molecule has 0 spiro atoms. The Kier molecular flexibility index (Phi) is 5.09. The van der Waals surface area contributed by atoms with Gasteiger partial charge in [-0.25, -0.2) is 0 Å². The highest BCUT2D eigenvalue weighted by atomic mass is 16.4. The normalized spacial score (nSPS) is 13.5. The molecular formula is C7H17NO3. The van der Waals surface area contributed by atoms with Crippen molar-refractivity contribution in [3.63, 3.8) is 0 Å². The van der Waals surface area contributed by atoms with Crippen molar-refractivity contribution in [3.8, 4) is 0 Å². The van der Waals surface area contributed by atoms with E-state index in [0.29, 0.717) is 0 Å². The smallest absolute Gasteiger partial charge is 0.0640 e.